The number of para-hydroxylation sites is 2. The Morgan fingerprint density at radius 1 is 1.10 bits per heavy atom. The molecule has 0 bridgehead atoms. The second kappa shape index (κ2) is 5.76. The van der Waals surface area contributed by atoms with Crippen LogP contribution in [0.2, 0.25) is 0 Å². The number of carbonyl (C=O) groups excluding carboxylic acids is 1. The molecule has 1 fully saturated rings. The van der Waals surface area contributed by atoms with Crippen molar-refractivity contribution in [1.82, 2.24) is 14.0 Å². The lowest BCUT2D eigenvalue weighted by molar-refractivity contribution is -0.134. The summed E-state index contributed by atoms with van der Waals surface area (Å²) in [6.07, 6.45) is 2.42. The molecule has 1 aromatic carbocycles. The fourth-order valence-electron chi connectivity index (χ4n) is 2.86. The van der Waals surface area contributed by atoms with E-state index >= 15 is 0 Å². The maximum Gasteiger partial charge on any atom is 0.329 e. The van der Waals surface area contributed by atoms with Crippen molar-refractivity contribution in [3.8, 4) is 0 Å². The molecule has 0 spiro atoms. The summed E-state index contributed by atoms with van der Waals surface area (Å²) in [6, 6.07) is 7.81. The third-order valence-corrected chi connectivity index (χ3v) is 4.13. The number of benzene rings is 1. The average Bonchev–Trinajstić information content (AvgIpc) is 2.68. The normalized spacial score (nSPS) is 14.4. The van der Waals surface area contributed by atoms with Gasteiger partial charge in [-0.2, -0.15) is 0 Å². The van der Waals surface area contributed by atoms with Crippen LogP contribution in [-0.2, 0) is 17.9 Å². The molecular formula is C16H21N3O2. The topological polar surface area (TPSA) is 47.2 Å². The summed E-state index contributed by atoms with van der Waals surface area (Å²) in [5, 5.41) is 0. The highest BCUT2D eigenvalue weighted by Crippen LogP contribution is 2.14. The van der Waals surface area contributed by atoms with Crippen LogP contribution in [0.5, 0.6) is 0 Å². The van der Waals surface area contributed by atoms with Gasteiger partial charge in [-0.25, -0.2) is 4.79 Å². The predicted molar refractivity (Wildman–Crippen MR) is 82.3 cm³/mol. The van der Waals surface area contributed by atoms with Crippen LogP contribution in [0, 0.1) is 0 Å². The number of likely N-dealkylation sites (tertiary alicyclic amines) is 1. The van der Waals surface area contributed by atoms with Crippen LogP contribution in [0.3, 0.4) is 0 Å². The molecule has 0 saturated carbocycles. The van der Waals surface area contributed by atoms with Gasteiger partial charge >= 0.3 is 5.69 Å². The Morgan fingerprint density at radius 2 is 1.71 bits per heavy atom. The van der Waals surface area contributed by atoms with Gasteiger partial charge < -0.3 is 4.90 Å². The molecule has 112 valence electrons. The van der Waals surface area contributed by atoms with Gasteiger partial charge in [-0.3, -0.25) is 13.9 Å². The number of rotatable bonds is 5. The lowest BCUT2D eigenvalue weighted by Gasteiger charge is -2.30. The maximum absolute atomic E-state index is 12.5. The molecular weight excluding hydrogens is 266 g/mol. The monoisotopic (exact) mass is 287 g/mol. The van der Waals surface area contributed by atoms with Crippen LogP contribution in [0.4, 0.5) is 0 Å². The van der Waals surface area contributed by atoms with Gasteiger partial charge in [0.1, 0.15) is 0 Å². The lowest BCUT2D eigenvalue weighted by Crippen LogP contribution is -2.42. The second-order valence-electron chi connectivity index (χ2n) is 5.56. The van der Waals surface area contributed by atoms with Crippen LogP contribution in [-0.4, -0.2) is 33.0 Å². The van der Waals surface area contributed by atoms with Gasteiger partial charge in [-0.15, -0.1) is 0 Å². The molecule has 1 saturated heterocycles. The smallest absolute Gasteiger partial charge is 0.329 e. The largest absolute Gasteiger partial charge is 0.343 e. The Balaban J connectivity index is 1.88. The molecule has 2 aromatic rings. The number of imidazole rings is 1. The van der Waals surface area contributed by atoms with Crippen LogP contribution in [0.1, 0.15) is 26.2 Å². The van der Waals surface area contributed by atoms with Crippen LogP contribution >= 0.6 is 0 Å². The summed E-state index contributed by atoms with van der Waals surface area (Å²) in [5.41, 5.74) is 1.88. The zero-order valence-electron chi connectivity index (χ0n) is 12.4. The van der Waals surface area contributed by atoms with Gasteiger partial charge in [0.25, 0.3) is 0 Å². The van der Waals surface area contributed by atoms with Crippen LogP contribution < -0.4 is 5.69 Å². The minimum Gasteiger partial charge on any atom is -0.343 e. The molecule has 0 radical (unpaired) electrons. The second-order valence-corrected chi connectivity index (χ2v) is 5.56. The standard InChI is InChI=1S/C16H21N3O2/c1-2-9-18-13-6-3-4-7-14(13)19(16(18)21)12-8-15(20)17-10-5-11-17/h3-4,6-7H,2,5,8-12H2,1H3. The molecule has 3 rings (SSSR count). The van der Waals surface area contributed by atoms with Gasteiger partial charge in [0.2, 0.25) is 5.91 Å². The summed E-state index contributed by atoms with van der Waals surface area (Å²) >= 11 is 0. The molecule has 1 aliphatic rings. The highest BCUT2D eigenvalue weighted by atomic mass is 16.2. The van der Waals surface area contributed by atoms with Crippen molar-refractivity contribution in [2.75, 3.05) is 13.1 Å². The predicted octanol–water partition coefficient (Wildman–Crippen LogP) is 1.84. The van der Waals surface area contributed by atoms with Crippen molar-refractivity contribution in [1.29, 1.82) is 0 Å². The number of hydrogen-bond donors (Lipinski definition) is 0. The van der Waals surface area contributed by atoms with E-state index in [4.69, 9.17) is 0 Å². The van der Waals surface area contributed by atoms with E-state index < -0.39 is 0 Å². The van der Waals surface area contributed by atoms with Gasteiger partial charge in [-0.1, -0.05) is 19.1 Å². The van der Waals surface area contributed by atoms with E-state index in [0.717, 1.165) is 37.0 Å². The molecule has 5 heteroatoms. The fraction of sp³-hybridized carbons (Fsp3) is 0.500. The number of amides is 1. The molecule has 5 nitrogen and oxygen atoms in total. The highest BCUT2D eigenvalue weighted by molar-refractivity contribution is 5.78. The highest BCUT2D eigenvalue weighted by Gasteiger charge is 2.20. The maximum atomic E-state index is 12.5. The van der Waals surface area contributed by atoms with Crippen LogP contribution in [0.15, 0.2) is 29.1 Å². The molecule has 0 unspecified atom stereocenters. The van der Waals surface area contributed by atoms with Crippen molar-refractivity contribution in [2.45, 2.75) is 39.3 Å². The SMILES string of the molecule is CCCn1c(=O)n(CCC(=O)N2CCC2)c2ccccc21. The first-order valence-electron chi connectivity index (χ1n) is 7.68. The van der Waals surface area contributed by atoms with Crippen molar-refractivity contribution < 1.29 is 4.79 Å². The van der Waals surface area contributed by atoms with E-state index in [-0.39, 0.29) is 11.6 Å². The Morgan fingerprint density at radius 3 is 2.24 bits per heavy atom. The number of nitrogens with zero attached hydrogens (tertiary/aromatic N) is 3. The van der Waals surface area contributed by atoms with E-state index in [1.807, 2.05) is 33.7 Å². The Hall–Kier alpha value is -2.04. The van der Waals surface area contributed by atoms with E-state index in [2.05, 4.69) is 6.92 Å². The molecule has 1 amide bonds. The third-order valence-electron chi connectivity index (χ3n) is 4.13. The van der Waals surface area contributed by atoms with Crippen molar-refractivity contribution in [3.05, 3.63) is 34.7 Å². The third kappa shape index (κ3) is 2.48. The minimum atomic E-state index is -0.00513. The van der Waals surface area contributed by atoms with Gasteiger partial charge in [0.15, 0.2) is 0 Å². The number of aryl methyl sites for hydroxylation is 2. The summed E-state index contributed by atoms with van der Waals surface area (Å²) in [7, 11) is 0. The summed E-state index contributed by atoms with van der Waals surface area (Å²) in [6.45, 7) is 4.97. The minimum absolute atomic E-state index is 0.00513. The number of hydrogen-bond acceptors (Lipinski definition) is 2. The molecule has 2 heterocycles. The molecule has 21 heavy (non-hydrogen) atoms. The molecule has 1 aliphatic heterocycles. The van der Waals surface area contributed by atoms with E-state index in [9.17, 15) is 9.59 Å². The first-order chi connectivity index (χ1) is 10.2. The van der Waals surface area contributed by atoms with Crippen molar-refractivity contribution in [2.24, 2.45) is 0 Å². The number of aromatic nitrogens is 2. The first-order valence-corrected chi connectivity index (χ1v) is 7.68. The average molecular weight is 287 g/mol. The van der Waals surface area contributed by atoms with Gasteiger partial charge in [-0.05, 0) is 25.0 Å². The molecule has 0 atom stereocenters. The van der Waals surface area contributed by atoms with Gasteiger partial charge in [0, 0.05) is 32.6 Å². The van der Waals surface area contributed by atoms with E-state index in [0.29, 0.717) is 19.5 Å². The van der Waals surface area contributed by atoms with E-state index in [1.54, 1.807) is 4.57 Å². The summed E-state index contributed by atoms with van der Waals surface area (Å²) in [5.74, 6) is 0.153. The zero-order valence-corrected chi connectivity index (χ0v) is 12.4. The molecule has 0 N–H and O–H groups in total. The van der Waals surface area contributed by atoms with Crippen molar-refractivity contribution in [3.63, 3.8) is 0 Å². The van der Waals surface area contributed by atoms with E-state index in [1.165, 1.54) is 0 Å². The molecule has 0 aliphatic carbocycles. The fourth-order valence-corrected chi connectivity index (χ4v) is 2.86. The lowest BCUT2D eigenvalue weighted by atomic mass is 10.2. The number of carbonyl (C=O) groups is 1. The van der Waals surface area contributed by atoms with Crippen LogP contribution in [0.25, 0.3) is 11.0 Å². The quantitative estimate of drug-likeness (QED) is 0.842. The first kappa shape index (κ1) is 13.9. The van der Waals surface area contributed by atoms with Crippen molar-refractivity contribution >= 4 is 16.9 Å². The van der Waals surface area contributed by atoms with Gasteiger partial charge in [0.05, 0.1) is 11.0 Å². The Labute approximate surface area is 123 Å². The summed E-state index contributed by atoms with van der Waals surface area (Å²) in [4.78, 5) is 26.4. The Kier molecular flexibility index (Phi) is 3.82. The zero-order chi connectivity index (χ0) is 14.8. The Bertz CT molecular complexity index is 710. The summed E-state index contributed by atoms with van der Waals surface area (Å²) < 4.78 is 3.55. The molecule has 1 aromatic heterocycles. The number of fused-ring (bicyclic) bond motifs is 1.